The summed E-state index contributed by atoms with van der Waals surface area (Å²) in [4.78, 5) is 8.20. The number of nitrogens with two attached hydrogens (primary N) is 1. The van der Waals surface area contributed by atoms with Gasteiger partial charge in [0.2, 0.25) is 5.95 Å². The van der Waals surface area contributed by atoms with Gasteiger partial charge < -0.3 is 4.74 Å². The SMILES string of the molecule is NNc1ncc(Br)c(SC2COC2)n1. The van der Waals surface area contributed by atoms with Crippen LogP contribution in [0.3, 0.4) is 0 Å². The van der Waals surface area contributed by atoms with Crippen LogP contribution in [0.15, 0.2) is 15.7 Å². The molecule has 2 heterocycles. The highest BCUT2D eigenvalue weighted by Gasteiger charge is 2.21. The number of rotatable bonds is 3. The maximum Gasteiger partial charge on any atom is 0.238 e. The van der Waals surface area contributed by atoms with Crippen molar-refractivity contribution >= 4 is 33.6 Å². The van der Waals surface area contributed by atoms with Gasteiger partial charge in [-0.15, -0.1) is 0 Å². The second kappa shape index (κ2) is 4.43. The molecule has 0 spiro atoms. The molecule has 1 aliphatic rings. The number of nitrogen functional groups attached to an aromatic ring is 1. The average molecular weight is 277 g/mol. The largest absolute Gasteiger partial charge is 0.379 e. The van der Waals surface area contributed by atoms with Crippen LogP contribution >= 0.6 is 27.7 Å². The van der Waals surface area contributed by atoms with Gasteiger partial charge in [0.15, 0.2) is 0 Å². The van der Waals surface area contributed by atoms with Gasteiger partial charge in [0.05, 0.1) is 22.9 Å². The van der Waals surface area contributed by atoms with Crippen LogP contribution in [0, 0.1) is 0 Å². The van der Waals surface area contributed by atoms with Gasteiger partial charge in [0, 0.05) is 6.20 Å². The molecule has 0 amide bonds. The third kappa shape index (κ3) is 2.17. The molecule has 1 fully saturated rings. The molecule has 0 unspecified atom stereocenters. The summed E-state index contributed by atoms with van der Waals surface area (Å²) in [6.45, 7) is 1.57. The van der Waals surface area contributed by atoms with Gasteiger partial charge in [0.25, 0.3) is 0 Å². The lowest BCUT2D eigenvalue weighted by molar-refractivity contribution is 0.0454. The van der Waals surface area contributed by atoms with Crippen molar-refractivity contribution in [2.24, 2.45) is 5.84 Å². The van der Waals surface area contributed by atoms with Crippen molar-refractivity contribution < 1.29 is 4.74 Å². The molecule has 1 aliphatic heterocycles. The third-order valence-electron chi connectivity index (χ3n) is 1.73. The first kappa shape index (κ1) is 10.2. The number of halogens is 1. The van der Waals surface area contributed by atoms with E-state index in [2.05, 4.69) is 31.3 Å². The Bertz CT molecular complexity index is 333. The zero-order valence-electron chi connectivity index (χ0n) is 7.24. The number of nitrogens with zero attached hydrogens (tertiary/aromatic N) is 2. The lowest BCUT2D eigenvalue weighted by atomic mass is 10.4. The number of anilines is 1. The molecule has 0 aliphatic carbocycles. The predicted octanol–water partition coefficient (Wildman–Crippen LogP) is 1.02. The minimum atomic E-state index is 0.427. The minimum absolute atomic E-state index is 0.427. The molecule has 0 aromatic carbocycles. The van der Waals surface area contributed by atoms with E-state index in [0.717, 1.165) is 22.7 Å². The molecule has 76 valence electrons. The van der Waals surface area contributed by atoms with Crippen LogP contribution in [0.5, 0.6) is 0 Å². The summed E-state index contributed by atoms with van der Waals surface area (Å²) in [7, 11) is 0. The van der Waals surface area contributed by atoms with Crippen LogP contribution in [-0.2, 0) is 4.74 Å². The van der Waals surface area contributed by atoms with Crippen molar-refractivity contribution in [3.05, 3.63) is 10.7 Å². The Kier molecular flexibility index (Phi) is 3.22. The second-order valence-electron chi connectivity index (χ2n) is 2.77. The molecule has 1 saturated heterocycles. The van der Waals surface area contributed by atoms with E-state index in [1.807, 2.05) is 0 Å². The van der Waals surface area contributed by atoms with E-state index >= 15 is 0 Å². The Balaban J connectivity index is 2.13. The molecule has 0 atom stereocenters. The summed E-state index contributed by atoms with van der Waals surface area (Å²) < 4.78 is 5.97. The van der Waals surface area contributed by atoms with E-state index in [1.165, 1.54) is 0 Å². The quantitative estimate of drug-likeness (QED) is 0.488. The fourth-order valence-electron chi connectivity index (χ4n) is 0.944. The lowest BCUT2D eigenvalue weighted by Gasteiger charge is -2.24. The van der Waals surface area contributed by atoms with Crippen LogP contribution in [-0.4, -0.2) is 28.4 Å². The number of hydrogen-bond donors (Lipinski definition) is 2. The van der Waals surface area contributed by atoms with E-state index < -0.39 is 0 Å². The molecule has 0 saturated carbocycles. The molecular weight excluding hydrogens is 268 g/mol. The number of hydrogen-bond acceptors (Lipinski definition) is 6. The van der Waals surface area contributed by atoms with Crippen LogP contribution in [0.2, 0.25) is 0 Å². The Morgan fingerprint density at radius 2 is 2.43 bits per heavy atom. The Labute approximate surface area is 93.9 Å². The van der Waals surface area contributed by atoms with Crippen molar-refractivity contribution in [2.45, 2.75) is 10.3 Å². The summed E-state index contributed by atoms with van der Waals surface area (Å²) >= 11 is 5.05. The van der Waals surface area contributed by atoms with Crippen molar-refractivity contribution in [3.8, 4) is 0 Å². The van der Waals surface area contributed by atoms with E-state index in [1.54, 1.807) is 18.0 Å². The maximum atomic E-state index is 5.22. The van der Waals surface area contributed by atoms with Crippen LogP contribution in [0.25, 0.3) is 0 Å². The summed E-state index contributed by atoms with van der Waals surface area (Å²) in [5.74, 6) is 5.65. The maximum absolute atomic E-state index is 5.22. The topological polar surface area (TPSA) is 73.1 Å². The number of aromatic nitrogens is 2. The van der Waals surface area contributed by atoms with Crippen molar-refractivity contribution in [1.29, 1.82) is 0 Å². The highest BCUT2D eigenvalue weighted by atomic mass is 79.9. The lowest BCUT2D eigenvalue weighted by Crippen LogP contribution is -2.30. The summed E-state index contributed by atoms with van der Waals surface area (Å²) in [5, 5.41) is 1.38. The third-order valence-corrected chi connectivity index (χ3v) is 3.71. The van der Waals surface area contributed by atoms with Crippen LogP contribution in [0.1, 0.15) is 0 Å². The van der Waals surface area contributed by atoms with Gasteiger partial charge >= 0.3 is 0 Å². The smallest absolute Gasteiger partial charge is 0.238 e. The standard InChI is InChI=1S/C7H9BrN4OS/c8-5-1-10-7(12-9)11-6(5)14-4-2-13-3-4/h1,4H,2-3,9H2,(H,10,11,12). The van der Waals surface area contributed by atoms with E-state index in [4.69, 9.17) is 10.6 Å². The highest BCUT2D eigenvalue weighted by molar-refractivity contribution is 9.10. The van der Waals surface area contributed by atoms with E-state index in [9.17, 15) is 0 Å². The van der Waals surface area contributed by atoms with Gasteiger partial charge in [0.1, 0.15) is 5.03 Å². The zero-order chi connectivity index (χ0) is 9.97. The van der Waals surface area contributed by atoms with Crippen molar-refractivity contribution in [2.75, 3.05) is 18.6 Å². The average Bonchev–Trinajstić information content (AvgIpc) is 2.14. The van der Waals surface area contributed by atoms with Crippen LogP contribution < -0.4 is 11.3 Å². The predicted molar refractivity (Wildman–Crippen MR) is 58.0 cm³/mol. The molecule has 7 heteroatoms. The molecule has 3 N–H and O–H groups in total. The van der Waals surface area contributed by atoms with Gasteiger partial charge in [-0.2, -0.15) is 0 Å². The highest BCUT2D eigenvalue weighted by Crippen LogP contribution is 2.31. The van der Waals surface area contributed by atoms with Gasteiger partial charge in [-0.3, -0.25) is 5.43 Å². The first-order valence-electron chi connectivity index (χ1n) is 4.03. The van der Waals surface area contributed by atoms with E-state index in [0.29, 0.717) is 11.2 Å². The number of nitrogens with one attached hydrogen (secondary N) is 1. The van der Waals surface area contributed by atoms with Crippen LogP contribution in [0.4, 0.5) is 5.95 Å². The Morgan fingerprint density at radius 1 is 1.64 bits per heavy atom. The normalized spacial score (nSPS) is 16.4. The second-order valence-corrected chi connectivity index (χ2v) is 4.91. The van der Waals surface area contributed by atoms with E-state index in [-0.39, 0.29) is 0 Å². The molecule has 5 nitrogen and oxygen atoms in total. The molecule has 1 aromatic heterocycles. The Hall–Kier alpha value is -0.370. The fourth-order valence-corrected chi connectivity index (χ4v) is 2.36. The zero-order valence-corrected chi connectivity index (χ0v) is 9.64. The first-order valence-corrected chi connectivity index (χ1v) is 5.70. The first-order chi connectivity index (χ1) is 6.79. The molecule has 0 bridgehead atoms. The minimum Gasteiger partial charge on any atom is -0.379 e. The van der Waals surface area contributed by atoms with Gasteiger partial charge in [-0.05, 0) is 15.9 Å². The Morgan fingerprint density at radius 3 is 3.00 bits per heavy atom. The van der Waals surface area contributed by atoms with Crippen molar-refractivity contribution in [1.82, 2.24) is 9.97 Å². The van der Waals surface area contributed by atoms with Gasteiger partial charge in [-0.25, -0.2) is 15.8 Å². The summed E-state index contributed by atoms with van der Waals surface area (Å²) in [6.07, 6.45) is 1.68. The molecule has 1 aromatic rings. The van der Waals surface area contributed by atoms with Crippen molar-refractivity contribution in [3.63, 3.8) is 0 Å². The summed E-state index contributed by atoms with van der Waals surface area (Å²) in [5.41, 5.74) is 2.42. The fraction of sp³-hybridized carbons (Fsp3) is 0.429. The van der Waals surface area contributed by atoms with Gasteiger partial charge in [-0.1, -0.05) is 11.8 Å². The summed E-state index contributed by atoms with van der Waals surface area (Å²) in [6, 6.07) is 0. The molecule has 14 heavy (non-hydrogen) atoms. The number of thioether (sulfide) groups is 1. The number of ether oxygens (including phenoxy) is 1. The molecule has 2 rings (SSSR count). The molecule has 0 radical (unpaired) electrons. The number of hydrazine groups is 1. The molecular formula is C7H9BrN4OS. The monoisotopic (exact) mass is 276 g/mol.